The number of fused-ring (bicyclic) bond motifs is 1. The molecule has 114 valence electrons. The first-order valence-corrected chi connectivity index (χ1v) is 8.04. The molecule has 7 nitrogen and oxygen atoms in total. The Bertz CT molecular complexity index is 935. The number of nitrogens with zero attached hydrogens (tertiary/aromatic N) is 5. The summed E-state index contributed by atoms with van der Waals surface area (Å²) in [7, 11) is -0.475. The fourth-order valence-electron chi connectivity index (χ4n) is 2.25. The van der Waals surface area contributed by atoms with Crippen LogP contribution < -0.4 is 4.31 Å². The molecule has 0 unspecified atom stereocenters. The normalized spacial score (nSPS) is 11.8. The van der Waals surface area contributed by atoms with Crippen LogP contribution in [-0.4, -0.2) is 35.2 Å². The van der Waals surface area contributed by atoms with E-state index in [1.807, 2.05) is 6.92 Å². The largest absolute Gasteiger partial charge is 0.266 e. The highest BCUT2D eigenvalue weighted by molar-refractivity contribution is 7.92. The summed E-state index contributed by atoms with van der Waals surface area (Å²) in [5, 5.41) is 4.97. The highest BCUT2D eigenvalue weighted by atomic mass is 32.2. The van der Waals surface area contributed by atoms with E-state index in [1.54, 1.807) is 42.2 Å². The molecule has 8 heteroatoms. The molecule has 0 aromatic carbocycles. The Hall–Kier alpha value is -2.48. The van der Waals surface area contributed by atoms with Gasteiger partial charge in [0.15, 0.2) is 5.65 Å². The molecular formula is C14H15N5O2S. The third kappa shape index (κ3) is 2.21. The molecule has 0 fully saturated rings. The molecule has 0 N–H and O–H groups in total. The van der Waals surface area contributed by atoms with Gasteiger partial charge in [0.25, 0.3) is 10.0 Å². The summed E-state index contributed by atoms with van der Waals surface area (Å²) in [6.45, 7) is 1.82. The molecule has 0 radical (unpaired) electrons. The van der Waals surface area contributed by atoms with Crippen LogP contribution in [0.25, 0.3) is 11.0 Å². The average molecular weight is 317 g/mol. The molecule has 0 bridgehead atoms. The van der Waals surface area contributed by atoms with Gasteiger partial charge in [-0.15, -0.1) is 0 Å². The van der Waals surface area contributed by atoms with Gasteiger partial charge >= 0.3 is 0 Å². The van der Waals surface area contributed by atoms with Crippen molar-refractivity contribution in [3.05, 3.63) is 42.4 Å². The maximum absolute atomic E-state index is 12.7. The number of hydrogen-bond acceptors (Lipinski definition) is 5. The predicted octanol–water partition coefficient (Wildman–Crippen LogP) is 1.50. The van der Waals surface area contributed by atoms with Crippen molar-refractivity contribution in [3.8, 4) is 0 Å². The summed E-state index contributed by atoms with van der Waals surface area (Å²) in [4.78, 5) is 8.40. The van der Waals surface area contributed by atoms with Gasteiger partial charge in [-0.3, -0.25) is 8.99 Å². The first-order valence-electron chi connectivity index (χ1n) is 6.60. The molecule has 0 amide bonds. The van der Waals surface area contributed by atoms with Gasteiger partial charge in [0.2, 0.25) is 0 Å². The number of anilines is 1. The minimum Gasteiger partial charge on any atom is -0.253 e. The summed E-state index contributed by atoms with van der Waals surface area (Å²) >= 11 is 0. The highest BCUT2D eigenvalue weighted by Gasteiger charge is 2.23. The van der Waals surface area contributed by atoms with Crippen LogP contribution in [0.3, 0.4) is 0 Å². The number of aryl methyl sites for hydroxylation is 2. The Labute approximate surface area is 128 Å². The molecule has 3 aromatic rings. The van der Waals surface area contributed by atoms with E-state index in [4.69, 9.17) is 0 Å². The zero-order valence-corrected chi connectivity index (χ0v) is 13.2. The Morgan fingerprint density at radius 2 is 2.00 bits per heavy atom. The van der Waals surface area contributed by atoms with Gasteiger partial charge in [0.05, 0.1) is 5.69 Å². The first kappa shape index (κ1) is 14.5. The second-order valence-electron chi connectivity index (χ2n) is 4.91. The predicted molar refractivity (Wildman–Crippen MR) is 83.1 cm³/mol. The summed E-state index contributed by atoms with van der Waals surface area (Å²) in [5.74, 6) is 0.352. The summed E-state index contributed by atoms with van der Waals surface area (Å²) in [6, 6.07) is 6.70. The van der Waals surface area contributed by atoms with Crippen LogP contribution in [0, 0.1) is 6.92 Å². The quantitative estimate of drug-likeness (QED) is 0.731. The number of hydrogen-bond donors (Lipinski definition) is 0. The van der Waals surface area contributed by atoms with Gasteiger partial charge in [-0.1, -0.05) is 6.07 Å². The molecule has 0 atom stereocenters. The van der Waals surface area contributed by atoms with Crippen molar-refractivity contribution in [2.45, 2.75) is 11.8 Å². The van der Waals surface area contributed by atoms with Crippen molar-refractivity contribution in [1.29, 1.82) is 0 Å². The SMILES string of the molecule is Cc1nn(C)c2ncc(S(=O)(=O)N(C)c3ccccn3)cc12. The maximum Gasteiger partial charge on any atom is 0.266 e. The number of aromatic nitrogens is 4. The third-order valence-electron chi connectivity index (χ3n) is 3.47. The van der Waals surface area contributed by atoms with Gasteiger partial charge in [-0.25, -0.2) is 18.4 Å². The van der Waals surface area contributed by atoms with E-state index in [9.17, 15) is 8.42 Å². The van der Waals surface area contributed by atoms with E-state index in [0.717, 1.165) is 15.4 Å². The average Bonchev–Trinajstić information content (AvgIpc) is 2.81. The van der Waals surface area contributed by atoms with Crippen molar-refractivity contribution >= 4 is 26.9 Å². The van der Waals surface area contributed by atoms with Gasteiger partial charge < -0.3 is 0 Å². The van der Waals surface area contributed by atoms with Gasteiger partial charge in [0, 0.05) is 31.9 Å². The maximum atomic E-state index is 12.7. The lowest BCUT2D eigenvalue weighted by atomic mass is 10.3. The molecule has 3 aromatic heterocycles. The Balaban J connectivity index is 2.11. The highest BCUT2D eigenvalue weighted by Crippen LogP contribution is 2.23. The van der Waals surface area contributed by atoms with Crippen LogP contribution in [0.15, 0.2) is 41.6 Å². The molecule has 3 heterocycles. The van der Waals surface area contributed by atoms with Gasteiger partial charge in [-0.2, -0.15) is 5.10 Å². The summed E-state index contributed by atoms with van der Waals surface area (Å²) in [6.07, 6.45) is 2.90. The van der Waals surface area contributed by atoms with Gasteiger partial charge in [0.1, 0.15) is 10.7 Å². The van der Waals surface area contributed by atoms with Crippen molar-refractivity contribution in [2.24, 2.45) is 7.05 Å². The second-order valence-corrected chi connectivity index (χ2v) is 6.88. The topological polar surface area (TPSA) is 81.0 Å². The Kier molecular flexibility index (Phi) is 3.32. The molecule has 0 saturated carbocycles. The number of sulfonamides is 1. The van der Waals surface area contributed by atoms with Crippen molar-refractivity contribution < 1.29 is 8.42 Å². The van der Waals surface area contributed by atoms with E-state index in [1.165, 1.54) is 13.2 Å². The number of rotatable bonds is 3. The molecular weight excluding hydrogens is 302 g/mol. The van der Waals surface area contributed by atoms with Crippen molar-refractivity contribution in [2.75, 3.05) is 11.4 Å². The van der Waals surface area contributed by atoms with Crippen LogP contribution in [0.1, 0.15) is 5.69 Å². The fourth-order valence-corrected chi connectivity index (χ4v) is 3.37. The monoisotopic (exact) mass is 317 g/mol. The smallest absolute Gasteiger partial charge is 0.253 e. The molecule has 3 rings (SSSR count). The molecule has 0 aliphatic carbocycles. The minimum absolute atomic E-state index is 0.115. The first-order chi connectivity index (χ1) is 10.4. The summed E-state index contributed by atoms with van der Waals surface area (Å²) < 4.78 is 28.2. The van der Waals surface area contributed by atoms with Crippen LogP contribution in [0.5, 0.6) is 0 Å². The molecule has 0 aliphatic heterocycles. The lowest BCUT2D eigenvalue weighted by molar-refractivity contribution is 0.593. The van der Waals surface area contributed by atoms with Crippen molar-refractivity contribution in [3.63, 3.8) is 0 Å². The summed E-state index contributed by atoms with van der Waals surface area (Å²) in [5.41, 5.74) is 1.39. The van der Waals surface area contributed by atoms with E-state index in [-0.39, 0.29) is 4.90 Å². The zero-order valence-electron chi connectivity index (χ0n) is 12.4. The van der Waals surface area contributed by atoms with Gasteiger partial charge in [-0.05, 0) is 25.1 Å². The lowest BCUT2D eigenvalue weighted by Gasteiger charge is -2.18. The Morgan fingerprint density at radius 1 is 1.23 bits per heavy atom. The molecule has 0 aliphatic rings. The standard InChI is InChI=1S/C14H15N5O2S/c1-10-12-8-11(9-16-14(12)18(2)17-10)22(20,21)19(3)13-6-4-5-7-15-13/h4-9H,1-3H3. The second kappa shape index (κ2) is 5.06. The van der Waals surface area contributed by atoms with E-state index in [0.29, 0.717) is 11.5 Å². The van der Waals surface area contributed by atoms with Crippen LogP contribution in [-0.2, 0) is 17.1 Å². The Morgan fingerprint density at radius 3 is 2.68 bits per heavy atom. The van der Waals surface area contributed by atoms with E-state index >= 15 is 0 Å². The minimum atomic E-state index is -3.72. The molecule has 0 spiro atoms. The van der Waals surface area contributed by atoms with Crippen LogP contribution in [0.4, 0.5) is 5.82 Å². The lowest BCUT2D eigenvalue weighted by Crippen LogP contribution is -2.27. The van der Waals surface area contributed by atoms with Crippen molar-refractivity contribution in [1.82, 2.24) is 19.7 Å². The molecule has 0 saturated heterocycles. The molecule has 22 heavy (non-hydrogen) atoms. The fraction of sp³-hybridized carbons (Fsp3) is 0.214. The zero-order chi connectivity index (χ0) is 15.9. The van der Waals surface area contributed by atoms with Crippen LogP contribution >= 0.6 is 0 Å². The van der Waals surface area contributed by atoms with E-state index < -0.39 is 10.0 Å². The van der Waals surface area contributed by atoms with Crippen LogP contribution in [0.2, 0.25) is 0 Å². The number of pyridine rings is 2. The third-order valence-corrected chi connectivity index (χ3v) is 5.20. The van der Waals surface area contributed by atoms with E-state index in [2.05, 4.69) is 15.1 Å².